The topological polar surface area (TPSA) is 43.8 Å². The van der Waals surface area contributed by atoms with Gasteiger partial charge in [0, 0.05) is 15.3 Å². The molecule has 15 heavy (non-hydrogen) atoms. The molecule has 0 saturated heterocycles. The van der Waals surface area contributed by atoms with E-state index in [0.717, 1.165) is 11.4 Å². The van der Waals surface area contributed by atoms with Crippen LogP contribution in [0.4, 0.5) is 0 Å². The van der Waals surface area contributed by atoms with Crippen LogP contribution in [0.5, 0.6) is 0 Å². The summed E-state index contributed by atoms with van der Waals surface area (Å²) in [6.07, 6.45) is 3.60. The van der Waals surface area contributed by atoms with Crippen molar-refractivity contribution in [1.82, 2.24) is 9.55 Å². The van der Waals surface area contributed by atoms with E-state index in [2.05, 4.69) is 51.8 Å². The van der Waals surface area contributed by atoms with Crippen LogP contribution in [0.1, 0.15) is 18.7 Å². The predicted molar refractivity (Wildman–Crippen MR) is 68.9 cm³/mol. The van der Waals surface area contributed by atoms with E-state index >= 15 is 0 Å². The zero-order chi connectivity index (χ0) is 10.8. The predicted octanol–water partition coefficient (Wildman–Crippen LogP) is 2.50. The van der Waals surface area contributed by atoms with Gasteiger partial charge in [0.25, 0.3) is 0 Å². The van der Waals surface area contributed by atoms with Crippen LogP contribution in [-0.4, -0.2) is 9.55 Å². The second kappa shape index (κ2) is 4.32. The van der Waals surface area contributed by atoms with Gasteiger partial charge in [0.2, 0.25) is 0 Å². The maximum Gasteiger partial charge on any atom is 0.0994 e. The van der Waals surface area contributed by atoms with Crippen LogP contribution >= 0.6 is 22.6 Å². The van der Waals surface area contributed by atoms with Crippen LogP contribution in [0, 0.1) is 3.57 Å². The Hall–Kier alpha value is -0.880. The lowest BCUT2D eigenvalue weighted by molar-refractivity contribution is 0.752. The molecule has 1 unspecified atom stereocenters. The molecule has 2 aromatic rings. The number of rotatable bonds is 2. The van der Waals surface area contributed by atoms with Gasteiger partial charge < -0.3 is 10.3 Å². The highest BCUT2D eigenvalue weighted by molar-refractivity contribution is 14.1. The molecule has 0 aliphatic rings. The summed E-state index contributed by atoms with van der Waals surface area (Å²) < 4.78 is 3.24. The number of imidazole rings is 1. The first-order chi connectivity index (χ1) is 7.18. The fourth-order valence-corrected chi connectivity index (χ4v) is 1.82. The molecule has 0 fully saturated rings. The van der Waals surface area contributed by atoms with Gasteiger partial charge in [0.1, 0.15) is 0 Å². The second-order valence-corrected chi connectivity index (χ2v) is 4.70. The van der Waals surface area contributed by atoms with Crippen molar-refractivity contribution in [1.29, 1.82) is 0 Å². The average molecular weight is 313 g/mol. The second-order valence-electron chi connectivity index (χ2n) is 3.45. The number of hydrogen-bond donors (Lipinski definition) is 1. The minimum atomic E-state index is -0.00761. The van der Waals surface area contributed by atoms with Gasteiger partial charge in [0.15, 0.2) is 0 Å². The number of nitrogens with two attached hydrogens (primary N) is 1. The molecule has 0 radical (unpaired) electrons. The van der Waals surface area contributed by atoms with E-state index in [9.17, 15) is 0 Å². The fourth-order valence-electron chi connectivity index (χ4n) is 1.46. The number of halogens is 1. The summed E-state index contributed by atoms with van der Waals surface area (Å²) in [4.78, 5) is 4.12. The smallest absolute Gasteiger partial charge is 0.0994 e. The van der Waals surface area contributed by atoms with Gasteiger partial charge in [-0.3, -0.25) is 0 Å². The van der Waals surface area contributed by atoms with Crippen molar-refractivity contribution < 1.29 is 0 Å². The van der Waals surface area contributed by atoms with Gasteiger partial charge in [0.05, 0.1) is 18.2 Å². The van der Waals surface area contributed by atoms with E-state index in [1.165, 1.54) is 3.57 Å². The van der Waals surface area contributed by atoms with E-state index in [4.69, 9.17) is 5.73 Å². The third-order valence-electron chi connectivity index (χ3n) is 2.24. The van der Waals surface area contributed by atoms with Crippen molar-refractivity contribution in [3.05, 3.63) is 46.1 Å². The molecule has 0 aliphatic carbocycles. The Morgan fingerprint density at radius 2 is 2.00 bits per heavy atom. The first-order valence-corrected chi connectivity index (χ1v) is 5.80. The molecule has 3 nitrogen and oxygen atoms in total. The van der Waals surface area contributed by atoms with Gasteiger partial charge >= 0.3 is 0 Å². The Kier molecular flexibility index (Phi) is 3.06. The molecule has 0 bridgehead atoms. The molecule has 0 amide bonds. The van der Waals surface area contributed by atoms with Crippen LogP contribution < -0.4 is 5.73 Å². The third-order valence-corrected chi connectivity index (χ3v) is 2.96. The van der Waals surface area contributed by atoms with Crippen molar-refractivity contribution in [3.8, 4) is 5.69 Å². The Bertz CT molecular complexity index is 445. The van der Waals surface area contributed by atoms with Gasteiger partial charge in [-0.2, -0.15) is 0 Å². The highest BCUT2D eigenvalue weighted by Crippen LogP contribution is 2.16. The van der Waals surface area contributed by atoms with Gasteiger partial charge in [-0.25, -0.2) is 4.98 Å². The summed E-state index contributed by atoms with van der Waals surface area (Å²) in [5.74, 6) is 0. The van der Waals surface area contributed by atoms with Crippen molar-refractivity contribution in [3.63, 3.8) is 0 Å². The molecule has 1 heterocycles. The lowest BCUT2D eigenvalue weighted by Crippen LogP contribution is -2.10. The number of nitrogens with zero attached hydrogens (tertiary/aromatic N) is 2. The minimum Gasteiger partial charge on any atom is -0.323 e. The van der Waals surface area contributed by atoms with Crippen LogP contribution in [0.2, 0.25) is 0 Å². The SMILES string of the molecule is CC(N)c1cncn1-c1ccc(I)cc1. The Morgan fingerprint density at radius 3 is 2.60 bits per heavy atom. The molecule has 78 valence electrons. The maximum absolute atomic E-state index is 5.86. The first-order valence-electron chi connectivity index (χ1n) is 4.72. The van der Waals surface area contributed by atoms with Gasteiger partial charge in [-0.05, 0) is 53.8 Å². The summed E-state index contributed by atoms with van der Waals surface area (Å²) in [7, 11) is 0. The average Bonchev–Trinajstić information content (AvgIpc) is 2.67. The van der Waals surface area contributed by atoms with Gasteiger partial charge in [-0.1, -0.05) is 0 Å². The summed E-state index contributed by atoms with van der Waals surface area (Å²) in [5, 5.41) is 0. The molecule has 2 N–H and O–H groups in total. The quantitative estimate of drug-likeness (QED) is 0.866. The van der Waals surface area contributed by atoms with E-state index in [0.29, 0.717) is 0 Å². The molecule has 0 aliphatic heterocycles. The first kappa shape index (κ1) is 10.6. The third kappa shape index (κ3) is 2.21. The van der Waals surface area contributed by atoms with Crippen molar-refractivity contribution in [2.75, 3.05) is 0 Å². The Morgan fingerprint density at radius 1 is 1.33 bits per heavy atom. The number of aromatic nitrogens is 2. The highest BCUT2D eigenvalue weighted by atomic mass is 127. The maximum atomic E-state index is 5.86. The summed E-state index contributed by atoms with van der Waals surface area (Å²) in [6, 6.07) is 8.26. The monoisotopic (exact) mass is 313 g/mol. The Labute approximate surface area is 102 Å². The lowest BCUT2D eigenvalue weighted by atomic mass is 10.2. The zero-order valence-corrected chi connectivity index (χ0v) is 10.5. The van der Waals surface area contributed by atoms with E-state index < -0.39 is 0 Å². The molecular weight excluding hydrogens is 301 g/mol. The summed E-state index contributed by atoms with van der Waals surface area (Å²) in [5.41, 5.74) is 7.99. The van der Waals surface area contributed by atoms with Crippen molar-refractivity contribution in [2.45, 2.75) is 13.0 Å². The molecule has 1 atom stereocenters. The lowest BCUT2D eigenvalue weighted by Gasteiger charge is -2.10. The minimum absolute atomic E-state index is 0.00761. The summed E-state index contributed by atoms with van der Waals surface area (Å²) >= 11 is 2.29. The van der Waals surface area contributed by atoms with Gasteiger partial charge in [-0.15, -0.1) is 0 Å². The summed E-state index contributed by atoms with van der Waals surface area (Å²) in [6.45, 7) is 1.96. The molecule has 2 rings (SSSR count). The van der Waals surface area contributed by atoms with Crippen LogP contribution in [-0.2, 0) is 0 Å². The van der Waals surface area contributed by atoms with E-state index in [1.807, 2.05) is 17.7 Å². The largest absolute Gasteiger partial charge is 0.323 e. The molecule has 1 aromatic heterocycles. The zero-order valence-electron chi connectivity index (χ0n) is 8.39. The van der Waals surface area contributed by atoms with Crippen molar-refractivity contribution >= 4 is 22.6 Å². The number of benzene rings is 1. The Balaban J connectivity index is 2.45. The standard InChI is InChI=1S/C11H12IN3/c1-8(13)11-6-14-7-15(11)10-4-2-9(12)3-5-10/h2-8H,13H2,1H3. The highest BCUT2D eigenvalue weighted by Gasteiger charge is 2.07. The number of hydrogen-bond acceptors (Lipinski definition) is 2. The van der Waals surface area contributed by atoms with E-state index in [1.54, 1.807) is 6.33 Å². The van der Waals surface area contributed by atoms with Crippen LogP contribution in [0.15, 0.2) is 36.8 Å². The normalized spacial score (nSPS) is 12.7. The molecule has 0 spiro atoms. The van der Waals surface area contributed by atoms with Crippen molar-refractivity contribution in [2.24, 2.45) is 5.73 Å². The van der Waals surface area contributed by atoms with E-state index in [-0.39, 0.29) is 6.04 Å². The molecular formula is C11H12IN3. The van der Waals surface area contributed by atoms with Crippen LogP contribution in [0.25, 0.3) is 5.69 Å². The molecule has 0 saturated carbocycles. The molecule has 1 aromatic carbocycles. The molecule has 4 heteroatoms. The fraction of sp³-hybridized carbons (Fsp3) is 0.182. The van der Waals surface area contributed by atoms with Crippen LogP contribution in [0.3, 0.4) is 0 Å².